The summed E-state index contributed by atoms with van der Waals surface area (Å²) in [6.07, 6.45) is 3.67. The third-order valence-electron chi connectivity index (χ3n) is 5.00. The molecule has 24 heavy (non-hydrogen) atoms. The number of carbonyl (C=O) groups excluding carboxylic acids is 1. The van der Waals surface area contributed by atoms with Crippen LogP contribution in [0.2, 0.25) is 0 Å². The lowest BCUT2D eigenvalue weighted by molar-refractivity contribution is -0.165. The number of ether oxygens (including phenoxy) is 3. The number of fused-ring (bicyclic) bond motifs is 1. The third kappa shape index (κ3) is 2.28. The number of nitrogens with zero attached hydrogens (tertiary/aromatic N) is 1. The Morgan fingerprint density at radius 2 is 1.75 bits per heavy atom. The summed E-state index contributed by atoms with van der Waals surface area (Å²) in [6.45, 7) is 0.353. The topological polar surface area (TPSA) is 82.1 Å². The zero-order chi connectivity index (χ0) is 16.8. The molecule has 1 aliphatic carbocycles. The molecule has 1 spiro atoms. The van der Waals surface area contributed by atoms with Crippen molar-refractivity contribution in [2.24, 2.45) is 0 Å². The van der Waals surface area contributed by atoms with Crippen LogP contribution in [0.4, 0.5) is 0 Å². The molecule has 3 aliphatic rings. The molecular weight excluding hydrogens is 334 g/mol. The van der Waals surface area contributed by atoms with Gasteiger partial charge >= 0.3 is 5.97 Å². The van der Waals surface area contributed by atoms with Crippen molar-refractivity contribution in [3.8, 4) is 11.5 Å². The fourth-order valence-electron chi connectivity index (χ4n) is 3.78. The van der Waals surface area contributed by atoms with Crippen LogP contribution in [0.5, 0.6) is 11.5 Å². The molecule has 1 saturated carbocycles. The summed E-state index contributed by atoms with van der Waals surface area (Å²) in [4.78, 5) is 12.6. The minimum absolute atomic E-state index is 0.0822. The van der Waals surface area contributed by atoms with E-state index >= 15 is 0 Å². The van der Waals surface area contributed by atoms with Gasteiger partial charge in [-0.2, -0.15) is 4.31 Å². The molecule has 0 aromatic heterocycles. The Balaban J connectivity index is 1.75. The van der Waals surface area contributed by atoms with E-state index in [9.17, 15) is 13.2 Å². The number of rotatable bonds is 2. The molecule has 1 aromatic rings. The minimum atomic E-state index is -3.83. The van der Waals surface area contributed by atoms with Gasteiger partial charge < -0.3 is 14.2 Å². The van der Waals surface area contributed by atoms with Gasteiger partial charge in [-0.1, -0.05) is 19.3 Å². The van der Waals surface area contributed by atoms with Gasteiger partial charge in [-0.25, -0.2) is 8.42 Å². The molecule has 1 saturated heterocycles. The first-order valence-corrected chi connectivity index (χ1v) is 9.58. The Kier molecular flexibility index (Phi) is 3.69. The summed E-state index contributed by atoms with van der Waals surface area (Å²) in [5.74, 6) is 0.519. The van der Waals surface area contributed by atoms with Gasteiger partial charge in [0.2, 0.25) is 16.8 Å². The molecule has 0 amide bonds. The van der Waals surface area contributed by atoms with E-state index in [1.165, 1.54) is 16.4 Å². The zero-order valence-corrected chi connectivity index (χ0v) is 14.0. The van der Waals surface area contributed by atoms with Crippen molar-refractivity contribution in [1.29, 1.82) is 0 Å². The number of sulfonamides is 1. The lowest BCUT2D eigenvalue weighted by atomic mass is 9.81. The lowest BCUT2D eigenvalue weighted by Crippen LogP contribution is -2.62. The van der Waals surface area contributed by atoms with E-state index in [0.29, 0.717) is 24.3 Å². The van der Waals surface area contributed by atoms with Crippen LogP contribution in [0.25, 0.3) is 0 Å². The van der Waals surface area contributed by atoms with Crippen LogP contribution in [0.3, 0.4) is 0 Å². The van der Waals surface area contributed by atoms with E-state index in [1.54, 1.807) is 6.07 Å². The number of cyclic esters (lactones) is 1. The largest absolute Gasteiger partial charge is 0.463 e. The number of hydrogen-bond donors (Lipinski definition) is 0. The highest BCUT2D eigenvalue weighted by Gasteiger charge is 2.53. The highest BCUT2D eigenvalue weighted by atomic mass is 32.2. The van der Waals surface area contributed by atoms with Crippen molar-refractivity contribution in [2.75, 3.05) is 19.9 Å². The quantitative estimate of drug-likeness (QED) is 0.752. The van der Waals surface area contributed by atoms with E-state index in [4.69, 9.17) is 14.2 Å². The van der Waals surface area contributed by atoms with Crippen molar-refractivity contribution in [3.63, 3.8) is 0 Å². The van der Waals surface area contributed by atoms with E-state index in [2.05, 4.69) is 0 Å². The predicted molar refractivity (Wildman–Crippen MR) is 83.2 cm³/mol. The second kappa shape index (κ2) is 5.63. The first-order chi connectivity index (χ1) is 11.5. The third-order valence-corrected chi connectivity index (χ3v) is 6.96. The van der Waals surface area contributed by atoms with Gasteiger partial charge in [0.05, 0.1) is 4.90 Å². The van der Waals surface area contributed by atoms with Crippen LogP contribution in [0.1, 0.15) is 32.1 Å². The van der Waals surface area contributed by atoms with Gasteiger partial charge in [0.25, 0.3) is 0 Å². The van der Waals surface area contributed by atoms with Crippen molar-refractivity contribution in [2.45, 2.75) is 42.5 Å². The molecule has 2 heterocycles. The van der Waals surface area contributed by atoms with Gasteiger partial charge in [0, 0.05) is 12.6 Å². The molecule has 0 atom stereocenters. The summed E-state index contributed by atoms with van der Waals surface area (Å²) >= 11 is 0. The van der Waals surface area contributed by atoms with E-state index in [1.807, 2.05) is 0 Å². The van der Waals surface area contributed by atoms with Crippen LogP contribution >= 0.6 is 0 Å². The molecule has 0 bridgehead atoms. The highest BCUT2D eigenvalue weighted by molar-refractivity contribution is 7.89. The standard InChI is InChI=1S/C16H19NO6S/c18-15-16(6-2-1-3-7-16)17(8-9-21-15)24(19,20)12-4-5-13-14(10-12)23-11-22-13/h4-5,10H,1-3,6-9,11H2. The van der Waals surface area contributed by atoms with E-state index in [0.717, 1.165) is 19.3 Å². The SMILES string of the molecule is O=C1OCCN(S(=O)(=O)c2ccc3c(c2)OCO3)C12CCCCC2. The molecule has 0 unspecified atom stereocenters. The Morgan fingerprint density at radius 1 is 1.00 bits per heavy atom. The van der Waals surface area contributed by atoms with E-state index in [-0.39, 0.29) is 24.8 Å². The van der Waals surface area contributed by atoms with Gasteiger partial charge in [-0.3, -0.25) is 4.79 Å². The Morgan fingerprint density at radius 3 is 2.54 bits per heavy atom. The lowest BCUT2D eigenvalue weighted by Gasteiger charge is -2.45. The maximum Gasteiger partial charge on any atom is 0.327 e. The molecule has 7 nitrogen and oxygen atoms in total. The fourth-order valence-corrected chi connectivity index (χ4v) is 5.56. The van der Waals surface area contributed by atoms with Gasteiger partial charge in [0.15, 0.2) is 11.5 Å². The Hall–Kier alpha value is -1.80. The number of morpholine rings is 1. The molecule has 0 radical (unpaired) electrons. The van der Waals surface area contributed by atoms with Gasteiger partial charge in [-0.15, -0.1) is 0 Å². The molecule has 4 rings (SSSR count). The molecule has 2 aliphatic heterocycles. The van der Waals surface area contributed by atoms with Crippen LogP contribution < -0.4 is 9.47 Å². The van der Waals surface area contributed by atoms with Crippen LogP contribution in [0, 0.1) is 0 Å². The van der Waals surface area contributed by atoms with Crippen molar-refractivity contribution < 1.29 is 27.4 Å². The van der Waals surface area contributed by atoms with Gasteiger partial charge in [-0.05, 0) is 25.0 Å². The van der Waals surface area contributed by atoms with E-state index < -0.39 is 21.5 Å². The van der Waals surface area contributed by atoms with Crippen LogP contribution in [0.15, 0.2) is 23.1 Å². The summed E-state index contributed by atoms with van der Waals surface area (Å²) in [5.41, 5.74) is -1.06. The van der Waals surface area contributed by atoms with Crippen LogP contribution in [-0.4, -0.2) is 44.2 Å². The molecule has 0 N–H and O–H groups in total. The summed E-state index contributed by atoms with van der Waals surface area (Å²) < 4.78 is 43.5. The molecular formula is C16H19NO6S. The number of carbonyl (C=O) groups is 1. The van der Waals surface area contributed by atoms with Gasteiger partial charge in [0.1, 0.15) is 12.1 Å². The molecule has 130 valence electrons. The predicted octanol–water partition coefficient (Wildman–Crippen LogP) is 1.67. The van der Waals surface area contributed by atoms with Crippen molar-refractivity contribution >= 4 is 16.0 Å². The fraction of sp³-hybridized carbons (Fsp3) is 0.562. The molecule has 8 heteroatoms. The summed E-state index contributed by atoms with van der Waals surface area (Å²) in [5, 5.41) is 0. The second-order valence-electron chi connectivity index (χ2n) is 6.32. The maximum atomic E-state index is 13.2. The first-order valence-electron chi connectivity index (χ1n) is 8.14. The first kappa shape index (κ1) is 15.7. The van der Waals surface area contributed by atoms with Crippen LogP contribution in [-0.2, 0) is 19.6 Å². The monoisotopic (exact) mass is 353 g/mol. The minimum Gasteiger partial charge on any atom is -0.463 e. The second-order valence-corrected chi connectivity index (χ2v) is 8.18. The number of hydrogen-bond acceptors (Lipinski definition) is 6. The smallest absolute Gasteiger partial charge is 0.327 e. The number of esters is 1. The maximum absolute atomic E-state index is 13.2. The summed E-state index contributed by atoms with van der Waals surface area (Å²) in [7, 11) is -3.83. The van der Waals surface area contributed by atoms with Crippen molar-refractivity contribution in [1.82, 2.24) is 4.31 Å². The normalized spacial score (nSPS) is 23.2. The average molecular weight is 353 g/mol. The highest BCUT2D eigenvalue weighted by Crippen LogP contribution is 2.41. The molecule has 1 aromatic carbocycles. The van der Waals surface area contributed by atoms with Crippen molar-refractivity contribution in [3.05, 3.63) is 18.2 Å². The summed E-state index contributed by atoms with van der Waals surface area (Å²) in [6, 6.07) is 4.55. The number of benzene rings is 1. The Bertz CT molecular complexity index is 769. The average Bonchev–Trinajstić information content (AvgIpc) is 3.06. The zero-order valence-electron chi connectivity index (χ0n) is 13.2. The Labute approximate surface area is 140 Å². The molecule has 2 fully saturated rings.